The van der Waals surface area contributed by atoms with Gasteiger partial charge in [-0.2, -0.15) is 4.08 Å². The van der Waals surface area contributed by atoms with Gasteiger partial charge in [-0.25, -0.2) is 4.57 Å². The van der Waals surface area contributed by atoms with Gasteiger partial charge in [-0.05, 0) is 0 Å². The molecule has 0 fully saturated rings. The third-order valence-electron chi connectivity index (χ3n) is 0.0899. The zero-order valence-electron chi connectivity index (χ0n) is 8.54. The first kappa shape index (κ1) is 200. The summed E-state index contributed by atoms with van der Waals surface area (Å²) in [5.74, 6) is 0. The molecule has 0 aromatic rings. The molecule has 0 amide bonds. The van der Waals surface area contributed by atoms with Crippen LogP contribution >= 0.6 is 19.7 Å². The van der Waals surface area contributed by atoms with Crippen molar-refractivity contribution < 1.29 is 84.1 Å². The zero-order chi connectivity index (χ0) is 5.21. The van der Waals surface area contributed by atoms with Gasteiger partial charge in [0.25, 0.3) is 0 Å². The summed E-state index contributed by atoms with van der Waals surface area (Å²) >= 11 is 4.21. The SMILES string of the molecule is O.O.O.O.O.O.O.O.O.O.O.O.O=P(O)(O)OCl.[NaH].[NaH].[NaH]. The minimum absolute atomic E-state index is 0. The Morgan fingerprint density at radius 3 is 0.619 bits per heavy atom. The molecule has 26 N–H and O–H groups in total. The Morgan fingerprint density at radius 2 is 0.619 bits per heavy atom. The van der Waals surface area contributed by atoms with Gasteiger partial charge in [0.05, 0.1) is 11.9 Å². The maximum absolute atomic E-state index is 9.34. The van der Waals surface area contributed by atoms with Crippen molar-refractivity contribution in [3.8, 4) is 0 Å². The van der Waals surface area contributed by atoms with Crippen molar-refractivity contribution in [1.82, 2.24) is 0 Å². The van der Waals surface area contributed by atoms with Crippen molar-refractivity contribution >= 4 is 108 Å². The van der Waals surface area contributed by atoms with E-state index < -0.39 is 7.82 Å². The predicted octanol–water partition coefficient (Wildman–Crippen LogP) is -11.6. The van der Waals surface area contributed by atoms with Crippen LogP contribution < -0.4 is 0 Å². The summed E-state index contributed by atoms with van der Waals surface area (Å²) in [6.45, 7) is 0. The Labute approximate surface area is 190 Å². The third kappa shape index (κ3) is 286. The summed E-state index contributed by atoms with van der Waals surface area (Å²) in [6, 6.07) is 0. The molecule has 0 saturated heterocycles. The maximum atomic E-state index is 9.34. The molecular formula is H29ClNa3O16P. The molecule has 0 aliphatic heterocycles. The van der Waals surface area contributed by atoms with Crippen molar-refractivity contribution in [3.05, 3.63) is 0 Å². The molecule has 0 aromatic heterocycles. The minimum atomic E-state index is -4.38. The van der Waals surface area contributed by atoms with Crippen LogP contribution in [0.15, 0.2) is 0 Å². The summed E-state index contributed by atoms with van der Waals surface area (Å²) in [6.07, 6.45) is 0. The molecule has 21 heteroatoms. The van der Waals surface area contributed by atoms with Crippen LogP contribution in [0.2, 0.25) is 0 Å². The van der Waals surface area contributed by atoms with Crippen LogP contribution in [-0.2, 0) is 8.64 Å². The van der Waals surface area contributed by atoms with Gasteiger partial charge in [-0.1, -0.05) is 0 Å². The second-order valence-electron chi connectivity index (χ2n) is 0.560. The van der Waals surface area contributed by atoms with E-state index in [4.69, 9.17) is 9.79 Å². The van der Waals surface area contributed by atoms with Crippen molar-refractivity contribution in [2.45, 2.75) is 0 Å². The first-order chi connectivity index (χ1) is 2.56. The molecular weight excluding hydrogens is 391 g/mol. The van der Waals surface area contributed by atoms with Crippen LogP contribution in [0.25, 0.3) is 0 Å². The monoisotopic (exact) mass is 420 g/mol. The topological polar surface area (TPSA) is 445 Å². The Bertz CT molecular complexity index is 87.6. The number of halogens is 1. The Balaban J connectivity index is -0.00000000119. The van der Waals surface area contributed by atoms with E-state index in [1.807, 2.05) is 0 Å². The molecule has 21 heavy (non-hydrogen) atoms. The molecule has 0 saturated carbocycles. The molecule has 0 bridgehead atoms. The first-order valence-electron chi connectivity index (χ1n) is 0.919. The summed E-state index contributed by atoms with van der Waals surface area (Å²) < 4.78 is 12.4. The average molecular weight is 421 g/mol. The molecule has 0 rings (SSSR count). The fourth-order valence-electron chi connectivity index (χ4n) is 0. The van der Waals surface area contributed by atoms with Crippen LogP contribution in [0.4, 0.5) is 0 Å². The molecule has 0 aromatic carbocycles. The molecule has 0 spiro atoms. The van der Waals surface area contributed by atoms with E-state index in [-0.39, 0.29) is 154 Å². The molecule has 0 heterocycles. The van der Waals surface area contributed by atoms with Gasteiger partial charge in [0.15, 0.2) is 0 Å². The van der Waals surface area contributed by atoms with Gasteiger partial charge in [0.2, 0.25) is 0 Å². The molecule has 0 atom stereocenters. The van der Waals surface area contributed by atoms with Crippen molar-refractivity contribution in [3.63, 3.8) is 0 Å². The second kappa shape index (κ2) is 112. The summed E-state index contributed by atoms with van der Waals surface area (Å²) in [7, 11) is -4.38. The Morgan fingerprint density at radius 1 is 0.571 bits per heavy atom. The zero-order valence-corrected chi connectivity index (χ0v) is 10.2. The fourth-order valence-corrected chi connectivity index (χ4v) is 0. The van der Waals surface area contributed by atoms with Crippen molar-refractivity contribution in [1.29, 1.82) is 0 Å². The first-order valence-corrected chi connectivity index (χ1v) is 2.76. The van der Waals surface area contributed by atoms with E-state index in [1.54, 1.807) is 0 Å². The van der Waals surface area contributed by atoms with E-state index in [2.05, 4.69) is 15.9 Å². The molecule has 0 aliphatic rings. The summed E-state index contributed by atoms with van der Waals surface area (Å²) in [4.78, 5) is 15.2. The number of hydrogen-bond donors (Lipinski definition) is 2. The molecule has 0 unspecified atom stereocenters. The molecule has 16 nitrogen and oxygen atoms in total. The van der Waals surface area contributed by atoms with Gasteiger partial charge in [-0.15, -0.1) is 0 Å². The van der Waals surface area contributed by atoms with Crippen molar-refractivity contribution in [2.75, 3.05) is 0 Å². The van der Waals surface area contributed by atoms with Gasteiger partial charge in [0.1, 0.15) is 0 Å². The second-order valence-corrected chi connectivity index (χ2v) is 2.09. The van der Waals surface area contributed by atoms with Gasteiger partial charge in [-0.3, -0.25) is 0 Å². The van der Waals surface area contributed by atoms with Gasteiger partial charge < -0.3 is 75.5 Å². The Hall–Kier alpha value is 2.92. The quantitative estimate of drug-likeness (QED) is 0.307. The van der Waals surface area contributed by atoms with E-state index in [9.17, 15) is 4.57 Å². The summed E-state index contributed by atoms with van der Waals surface area (Å²) in [5, 5.41) is 0. The molecule has 0 radical (unpaired) electrons. The van der Waals surface area contributed by atoms with E-state index in [0.29, 0.717) is 0 Å². The van der Waals surface area contributed by atoms with Crippen LogP contribution in [-0.4, -0.2) is 164 Å². The van der Waals surface area contributed by atoms with Crippen LogP contribution in [0.1, 0.15) is 0 Å². The number of phosphoric acid groups is 1. The third-order valence-corrected chi connectivity index (χ3v) is 0.809. The van der Waals surface area contributed by atoms with Crippen molar-refractivity contribution in [2.24, 2.45) is 0 Å². The van der Waals surface area contributed by atoms with E-state index in [0.717, 1.165) is 0 Å². The van der Waals surface area contributed by atoms with E-state index >= 15 is 0 Å². The standard InChI is InChI=1S/ClH2O4P.3Na.12H2O.3H/c1-5-6(2,3)4;;;;;;;;;;;;;;;;;;/h(H2,2,3,4);;;;12*1H2;;;. The van der Waals surface area contributed by atoms with Crippen LogP contribution in [0.3, 0.4) is 0 Å². The van der Waals surface area contributed by atoms with Crippen LogP contribution in [0.5, 0.6) is 0 Å². The molecule has 0 aliphatic carbocycles. The molecule has 140 valence electrons. The number of hydrogen-bond acceptors (Lipinski definition) is 2. The van der Waals surface area contributed by atoms with E-state index in [1.165, 1.54) is 0 Å². The van der Waals surface area contributed by atoms with Gasteiger partial charge >= 0.3 is 96.5 Å². The Kier molecular flexibility index (Phi) is 1070. The van der Waals surface area contributed by atoms with Crippen LogP contribution in [0, 0.1) is 0 Å². The predicted molar refractivity (Wildman–Crippen MR) is 83.8 cm³/mol. The summed E-state index contributed by atoms with van der Waals surface area (Å²) in [5.41, 5.74) is 0. The number of rotatable bonds is 1. The average Bonchev–Trinajstić information content (AvgIpc) is 1.35. The van der Waals surface area contributed by atoms with Gasteiger partial charge in [0, 0.05) is 0 Å². The normalized spacial score (nSPS) is 3.38. The fraction of sp³-hybridized carbons (Fsp3) is 0.